The van der Waals surface area contributed by atoms with E-state index in [0.29, 0.717) is 6.54 Å². The molecule has 0 aliphatic rings. The van der Waals surface area contributed by atoms with Crippen LogP contribution >= 0.6 is 0 Å². The summed E-state index contributed by atoms with van der Waals surface area (Å²) in [6.07, 6.45) is 1.44. The molecule has 0 radical (unpaired) electrons. The van der Waals surface area contributed by atoms with Crippen LogP contribution in [0.2, 0.25) is 0 Å². The molecule has 1 heterocycles. The van der Waals surface area contributed by atoms with E-state index in [1.54, 1.807) is 4.57 Å². The van der Waals surface area contributed by atoms with E-state index in [4.69, 9.17) is 0 Å². The van der Waals surface area contributed by atoms with E-state index in [9.17, 15) is 8.78 Å². The van der Waals surface area contributed by atoms with Gasteiger partial charge in [-0.1, -0.05) is 13.8 Å². The Kier molecular flexibility index (Phi) is 2.92. The number of hydrogen-bond acceptors (Lipinski definition) is 1. The van der Waals surface area contributed by atoms with Crippen molar-refractivity contribution in [1.82, 2.24) is 9.55 Å². The zero-order valence-electron chi connectivity index (χ0n) is 9.01. The summed E-state index contributed by atoms with van der Waals surface area (Å²) in [5.41, 5.74) is -0.136. The zero-order valence-corrected chi connectivity index (χ0v) is 9.01. The monoisotopic (exact) mass is 202 g/mol. The molecule has 0 unspecified atom stereocenters. The van der Waals surface area contributed by atoms with Crippen molar-refractivity contribution in [2.45, 2.75) is 46.1 Å². The van der Waals surface area contributed by atoms with Crippen molar-refractivity contribution in [2.75, 3.05) is 0 Å². The molecule has 0 saturated heterocycles. The second kappa shape index (κ2) is 3.67. The fraction of sp³-hybridized carbons (Fsp3) is 0.700. The summed E-state index contributed by atoms with van der Waals surface area (Å²) in [7, 11) is 0. The van der Waals surface area contributed by atoms with Gasteiger partial charge in [0.2, 0.25) is 0 Å². The number of aromatic nitrogens is 2. The van der Waals surface area contributed by atoms with Crippen LogP contribution in [0.15, 0.2) is 6.20 Å². The van der Waals surface area contributed by atoms with Crippen molar-refractivity contribution in [3.8, 4) is 0 Å². The van der Waals surface area contributed by atoms with Gasteiger partial charge in [-0.15, -0.1) is 0 Å². The molecule has 0 bridgehead atoms. The van der Waals surface area contributed by atoms with Gasteiger partial charge in [-0.3, -0.25) is 0 Å². The Labute approximate surface area is 83.0 Å². The normalized spacial score (nSPS) is 12.5. The molecule has 14 heavy (non-hydrogen) atoms. The van der Waals surface area contributed by atoms with Crippen LogP contribution in [0.3, 0.4) is 0 Å². The van der Waals surface area contributed by atoms with Crippen molar-refractivity contribution in [3.63, 3.8) is 0 Å². The summed E-state index contributed by atoms with van der Waals surface area (Å²) in [6, 6.07) is 0. The van der Waals surface area contributed by atoms with Gasteiger partial charge in [-0.2, -0.15) is 8.78 Å². The Hall–Kier alpha value is -0.930. The van der Waals surface area contributed by atoms with Crippen LogP contribution in [0.5, 0.6) is 0 Å². The first-order chi connectivity index (χ1) is 6.36. The smallest absolute Gasteiger partial charge is 0.288 e. The third-order valence-electron chi connectivity index (χ3n) is 2.11. The fourth-order valence-corrected chi connectivity index (χ4v) is 1.36. The van der Waals surface area contributed by atoms with E-state index in [2.05, 4.69) is 4.98 Å². The number of nitrogens with zero attached hydrogens (tertiary/aromatic N) is 2. The van der Waals surface area contributed by atoms with Crippen molar-refractivity contribution in [3.05, 3.63) is 17.7 Å². The minimum absolute atomic E-state index is 0.136. The van der Waals surface area contributed by atoms with E-state index in [0.717, 1.165) is 12.7 Å². The molecule has 4 heteroatoms. The third-order valence-corrected chi connectivity index (χ3v) is 2.11. The highest BCUT2D eigenvalue weighted by molar-refractivity contribution is 5.11. The first-order valence-corrected chi connectivity index (χ1v) is 4.81. The van der Waals surface area contributed by atoms with Crippen molar-refractivity contribution in [2.24, 2.45) is 0 Å². The average Bonchev–Trinajstić information content (AvgIpc) is 2.45. The Morgan fingerprint density at radius 3 is 2.36 bits per heavy atom. The summed E-state index contributed by atoms with van der Waals surface area (Å²) < 4.78 is 27.7. The lowest BCUT2D eigenvalue weighted by atomic mass is 10.2. The van der Waals surface area contributed by atoms with Crippen LogP contribution in [-0.4, -0.2) is 9.55 Å². The Morgan fingerprint density at radius 2 is 2.07 bits per heavy atom. The van der Waals surface area contributed by atoms with Gasteiger partial charge in [-0.25, -0.2) is 4.98 Å². The largest absolute Gasteiger partial charge is 0.334 e. The topological polar surface area (TPSA) is 17.8 Å². The molecular formula is C10H16F2N2. The van der Waals surface area contributed by atoms with Gasteiger partial charge in [0.25, 0.3) is 5.92 Å². The highest BCUT2D eigenvalue weighted by atomic mass is 19.3. The minimum Gasteiger partial charge on any atom is -0.334 e. The molecule has 1 rings (SSSR count). The molecule has 0 aromatic carbocycles. The van der Waals surface area contributed by atoms with Gasteiger partial charge < -0.3 is 4.57 Å². The van der Waals surface area contributed by atoms with Crippen LogP contribution in [0, 0.1) is 0 Å². The summed E-state index contributed by atoms with van der Waals surface area (Å²) >= 11 is 0. The SMILES string of the molecule is CCn1cc(C(C)(F)F)nc1C(C)C. The van der Waals surface area contributed by atoms with Crippen molar-refractivity contribution < 1.29 is 8.78 Å². The second-order valence-electron chi connectivity index (χ2n) is 3.81. The van der Waals surface area contributed by atoms with Gasteiger partial charge >= 0.3 is 0 Å². The van der Waals surface area contributed by atoms with E-state index in [1.165, 1.54) is 6.20 Å². The lowest BCUT2D eigenvalue weighted by Gasteiger charge is -2.06. The molecule has 0 amide bonds. The maximum Gasteiger partial charge on any atom is 0.288 e. The molecule has 0 aliphatic carbocycles. The fourth-order valence-electron chi connectivity index (χ4n) is 1.36. The van der Waals surface area contributed by atoms with E-state index < -0.39 is 5.92 Å². The maximum atomic E-state index is 13.0. The van der Waals surface area contributed by atoms with E-state index >= 15 is 0 Å². The molecule has 0 spiro atoms. The Balaban J connectivity index is 3.13. The van der Waals surface area contributed by atoms with Gasteiger partial charge in [0, 0.05) is 25.6 Å². The molecule has 80 valence electrons. The number of aryl methyl sites for hydroxylation is 1. The zero-order chi connectivity index (χ0) is 10.9. The predicted octanol–water partition coefficient (Wildman–Crippen LogP) is 3.14. The molecular weight excluding hydrogens is 186 g/mol. The van der Waals surface area contributed by atoms with Crippen molar-refractivity contribution >= 4 is 0 Å². The third kappa shape index (κ3) is 2.11. The van der Waals surface area contributed by atoms with Crippen LogP contribution in [0.1, 0.15) is 45.1 Å². The van der Waals surface area contributed by atoms with Gasteiger partial charge in [-0.05, 0) is 6.92 Å². The molecule has 0 saturated carbocycles. The van der Waals surface area contributed by atoms with Gasteiger partial charge in [0.15, 0.2) is 0 Å². The summed E-state index contributed by atoms with van der Waals surface area (Å²) in [5.74, 6) is -1.94. The first-order valence-electron chi connectivity index (χ1n) is 4.81. The second-order valence-corrected chi connectivity index (χ2v) is 3.81. The van der Waals surface area contributed by atoms with Crippen molar-refractivity contribution in [1.29, 1.82) is 0 Å². The van der Waals surface area contributed by atoms with Gasteiger partial charge in [0.1, 0.15) is 11.5 Å². The summed E-state index contributed by atoms with van der Waals surface area (Å²) in [6.45, 7) is 7.37. The molecule has 0 aliphatic heterocycles. The number of hydrogen-bond donors (Lipinski definition) is 0. The van der Waals surface area contributed by atoms with E-state index in [1.807, 2.05) is 20.8 Å². The van der Waals surface area contributed by atoms with Crippen LogP contribution in [0.4, 0.5) is 8.78 Å². The molecule has 1 aromatic heterocycles. The lowest BCUT2D eigenvalue weighted by molar-refractivity contribution is 0.0130. The van der Waals surface area contributed by atoms with E-state index in [-0.39, 0.29) is 11.6 Å². The number of rotatable bonds is 3. The number of imidazole rings is 1. The molecule has 0 atom stereocenters. The highest BCUT2D eigenvalue weighted by Gasteiger charge is 2.29. The standard InChI is InChI=1S/C10H16F2N2/c1-5-14-6-8(10(4,11)12)13-9(14)7(2)3/h6-7H,5H2,1-4H3. The Morgan fingerprint density at radius 1 is 1.50 bits per heavy atom. The predicted molar refractivity (Wildman–Crippen MR) is 51.6 cm³/mol. The number of halogens is 2. The number of alkyl halides is 2. The molecule has 1 aromatic rings. The molecule has 0 N–H and O–H groups in total. The quantitative estimate of drug-likeness (QED) is 0.736. The average molecular weight is 202 g/mol. The van der Waals surface area contributed by atoms with Gasteiger partial charge in [0.05, 0.1) is 0 Å². The minimum atomic E-state index is -2.84. The summed E-state index contributed by atoms with van der Waals surface area (Å²) in [5, 5.41) is 0. The van der Waals surface area contributed by atoms with Crippen LogP contribution < -0.4 is 0 Å². The maximum absolute atomic E-state index is 13.0. The first kappa shape index (κ1) is 11.1. The summed E-state index contributed by atoms with van der Waals surface area (Å²) in [4.78, 5) is 3.96. The van der Waals surface area contributed by atoms with Crippen LogP contribution in [-0.2, 0) is 12.5 Å². The van der Waals surface area contributed by atoms with Crippen LogP contribution in [0.25, 0.3) is 0 Å². The highest BCUT2D eigenvalue weighted by Crippen LogP contribution is 2.27. The lowest BCUT2D eigenvalue weighted by Crippen LogP contribution is -2.07. The molecule has 2 nitrogen and oxygen atoms in total. The Bertz CT molecular complexity index is 310. The molecule has 0 fully saturated rings.